The Bertz CT molecular complexity index is 905. The summed E-state index contributed by atoms with van der Waals surface area (Å²) < 4.78 is 10.5. The Kier molecular flexibility index (Phi) is 3.51. The molecular weight excluding hydrogens is 280 g/mol. The van der Waals surface area contributed by atoms with Crippen LogP contribution >= 0.6 is 0 Å². The first-order valence-corrected chi connectivity index (χ1v) is 6.80. The molecule has 0 radical (unpaired) electrons. The zero-order valence-electron chi connectivity index (χ0n) is 12.3. The van der Waals surface area contributed by atoms with Crippen molar-refractivity contribution in [1.82, 2.24) is 0 Å². The standard InChI is InChI=1S/C18H14O4/c1-11-7-12(10-19)8-14-9-16(18(20)22-17(11)14)13-3-5-15(21-2)6-4-13/h3-10H,1-2H3. The molecule has 0 N–H and O–H groups in total. The average molecular weight is 294 g/mol. The molecule has 3 rings (SSSR count). The van der Waals surface area contributed by atoms with Crippen LogP contribution in [0, 0.1) is 6.92 Å². The summed E-state index contributed by atoms with van der Waals surface area (Å²) in [7, 11) is 1.59. The van der Waals surface area contributed by atoms with Gasteiger partial charge in [-0.05, 0) is 48.4 Å². The molecule has 0 aliphatic rings. The summed E-state index contributed by atoms with van der Waals surface area (Å²) in [6.07, 6.45) is 0.782. The molecule has 3 aromatic rings. The van der Waals surface area contributed by atoms with Gasteiger partial charge < -0.3 is 9.15 Å². The van der Waals surface area contributed by atoms with Crippen LogP contribution < -0.4 is 10.4 Å². The Morgan fingerprint density at radius 1 is 1.09 bits per heavy atom. The summed E-state index contributed by atoms with van der Waals surface area (Å²) >= 11 is 0. The van der Waals surface area contributed by atoms with E-state index in [1.807, 2.05) is 6.92 Å². The summed E-state index contributed by atoms with van der Waals surface area (Å²) in [6, 6.07) is 12.3. The topological polar surface area (TPSA) is 56.5 Å². The molecule has 0 aliphatic carbocycles. The number of methoxy groups -OCH3 is 1. The molecule has 0 fully saturated rings. The van der Waals surface area contributed by atoms with E-state index >= 15 is 0 Å². The third-order valence-corrected chi connectivity index (χ3v) is 3.58. The molecular formula is C18H14O4. The van der Waals surface area contributed by atoms with Gasteiger partial charge in [-0.3, -0.25) is 4.79 Å². The minimum Gasteiger partial charge on any atom is -0.497 e. The number of aldehydes is 1. The summed E-state index contributed by atoms with van der Waals surface area (Å²) in [5.74, 6) is 0.716. The van der Waals surface area contributed by atoms with Gasteiger partial charge in [-0.2, -0.15) is 0 Å². The van der Waals surface area contributed by atoms with Gasteiger partial charge in [0.1, 0.15) is 17.6 Å². The maximum absolute atomic E-state index is 12.2. The molecule has 0 saturated heterocycles. The van der Waals surface area contributed by atoms with Gasteiger partial charge in [0.2, 0.25) is 0 Å². The summed E-state index contributed by atoms with van der Waals surface area (Å²) in [5.41, 5.74) is 2.62. The number of fused-ring (bicyclic) bond motifs is 1. The zero-order valence-corrected chi connectivity index (χ0v) is 12.3. The lowest BCUT2D eigenvalue weighted by molar-refractivity contribution is 0.112. The van der Waals surface area contributed by atoms with Crippen molar-refractivity contribution >= 4 is 17.3 Å². The van der Waals surface area contributed by atoms with E-state index in [2.05, 4.69) is 0 Å². The highest BCUT2D eigenvalue weighted by atomic mass is 16.5. The van der Waals surface area contributed by atoms with Crippen LogP contribution in [0.5, 0.6) is 5.75 Å². The van der Waals surface area contributed by atoms with E-state index in [0.717, 1.165) is 22.8 Å². The molecule has 110 valence electrons. The average Bonchev–Trinajstić information content (AvgIpc) is 2.55. The minimum absolute atomic E-state index is 0.403. The Hall–Kier alpha value is -2.88. The van der Waals surface area contributed by atoms with E-state index in [1.165, 1.54) is 0 Å². The Morgan fingerprint density at radius 3 is 2.45 bits per heavy atom. The maximum atomic E-state index is 12.2. The lowest BCUT2D eigenvalue weighted by atomic mass is 10.0. The van der Waals surface area contributed by atoms with Crippen LogP contribution in [0.3, 0.4) is 0 Å². The maximum Gasteiger partial charge on any atom is 0.344 e. The first-order valence-electron chi connectivity index (χ1n) is 6.80. The van der Waals surface area contributed by atoms with Crippen LogP contribution in [0.1, 0.15) is 15.9 Å². The van der Waals surface area contributed by atoms with Gasteiger partial charge in [-0.1, -0.05) is 12.1 Å². The summed E-state index contributed by atoms with van der Waals surface area (Å²) in [5, 5.41) is 0.729. The lowest BCUT2D eigenvalue weighted by Gasteiger charge is -2.06. The van der Waals surface area contributed by atoms with Crippen LogP contribution in [0.15, 0.2) is 51.7 Å². The third kappa shape index (κ3) is 2.39. The largest absolute Gasteiger partial charge is 0.497 e. The van der Waals surface area contributed by atoms with Gasteiger partial charge in [-0.15, -0.1) is 0 Å². The zero-order chi connectivity index (χ0) is 15.7. The van der Waals surface area contributed by atoms with Gasteiger partial charge in [-0.25, -0.2) is 4.79 Å². The molecule has 0 atom stereocenters. The molecule has 0 amide bonds. The fourth-order valence-corrected chi connectivity index (χ4v) is 2.48. The molecule has 0 bridgehead atoms. The van der Waals surface area contributed by atoms with Crippen molar-refractivity contribution in [2.75, 3.05) is 7.11 Å². The Labute approximate surface area is 127 Å². The molecule has 0 unspecified atom stereocenters. The van der Waals surface area contributed by atoms with Gasteiger partial charge in [0.05, 0.1) is 12.7 Å². The SMILES string of the molecule is COc1ccc(-c2cc3cc(C=O)cc(C)c3oc2=O)cc1. The number of rotatable bonds is 3. The highest BCUT2D eigenvalue weighted by molar-refractivity contribution is 5.90. The van der Waals surface area contributed by atoms with Crippen LogP contribution in [-0.2, 0) is 0 Å². The normalized spacial score (nSPS) is 10.6. The number of carbonyl (C=O) groups excluding carboxylic acids is 1. The van der Waals surface area contributed by atoms with Crippen molar-refractivity contribution in [3.05, 3.63) is 64.0 Å². The lowest BCUT2D eigenvalue weighted by Crippen LogP contribution is -2.03. The van der Waals surface area contributed by atoms with Crippen LogP contribution in [0.2, 0.25) is 0 Å². The Morgan fingerprint density at radius 2 is 1.82 bits per heavy atom. The first-order chi connectivity index (χ1) is 10.6. The predicted molar refractivity (Wildman–Crippen MR) is 84.6 cm³/mol. The second kappa shape index (κ2) is 5.48. The summed E-state index contributed by atoms with van der Waals surface area (Å²) in [6.45, 7) is 1.81. The molecule has 0 aliphatic heterocycles. The monoisotopic (exact) mass is 294 g/mol. The van der Waals surface area contributed by atoms with Gasteiger partial charge >= 0.3 is 5.63 Å². The molecule has 4 nitrogen and oxygen atoms in total. The predicted octanol–water partition coefficient (Wildman–Crippen LogP) is 3.59. The third-order valence-electron chi connectivity index (χ3n) is 3.58. The van der Waals surface area contributed by atoms with E-state index in [4.69, 9.17) is 9.15 Å². The smallest absolute Gasteiger partial charge is 0.344 e. The molecule has 0 spiro atoms. The number of benzene rings is 2. The van der Waals surface area contributed by atoms with Crippen molar-refractivity contribution in [3.8, 4) is 16.9 Å². The van der Waals surface area contributed by atoms with Crippen LogP contribution in [-0.4, -0.2) is 13.4 Å². The van der Waals surface area contributed by atoms with Crippen molar-refractivity contribution in [3.63, 3.8) is 0 Å². The van der Waals surface area contributed by atoms with Crippen molar-refractivity contribution in [2.45, 2.75) is 6.92 Å². The molecule has 0 saturated carbocycles. The number of hydrogen-bond acceptors (Lipinski definition) is 4. The fraction of sp³-hybridized carbons (Fsp3) is 0.111. The number of aryl methyl sites for hydroxylation is 1. The van der Waals surface area contributed by atoms with Crippen LogP contribution in [0.4, 0.5) is 0 Å². The Balaban J connectivity index is 2.23. The van der Waals surface area contributed by atoms with E-state index in [0.29, 0.717) is 22.5 Å². The van der Waals surface area contributed by atoms with Crippen molar-refractivity contribution in [1.29, 1.82) is 0 Å². The summed E-state index contributed by atoms with van der Waals surface area (Å²) in [4.78, 5) is 23.2. The van der Waals surface area contributed by atoms with Gasteiger partial charge in [0.25, 0.3) is 0 Å². The molecule has 2 aromatic carbocycles. The van der Waals surface area contributed by atoms with Gasteiger partial charge in [0, 0.05) is 10.9 Å². The second-order valence-corrected chi connectivity index (χ2v) is 5.05. The molecule has 4 heteroatoms. The van der Waals surface area contributed by atoms with E-state index in [1.54, 1.807) is 49.6 Å². The first kappa shape index (κ1) is 14.1. The second-order valence-electron chi connectivity index (χ2n) is 5.05. The van der Waals surface area contributed by atoms with Crippen molar-refractivity contribution < 1.29 is 13.9 Å². The van der Waals surface area contributed by atoms with Crippen LogP contribution in [0.25, 0.3) is 22.1 Å². The number of carbonyl (C=O) groups is 1. The number of hydrogen-bond donors (Lipinski definition) is 0. The van der Waals surface area contributed by atoms with E-state index < -0.39 is 5.63 Å². The van der Waals surface area contributed by atoms with E-state index in [-0.39, 0.29) is 0 Å². The fourth-order valence-electron chi connectivity index (χ4n) is 2.48. The molecule has 1 heterocycles. The molecule has 22 heavy (non-hydrogen) atoms. The van der Waals surface area contributed by atoms with E-state index in [9.17, 15) is 9.59 Å². The quantitative estimate of drug-likeness (QED) is 0.547. The minimum atomic E-state index is -0.403. The molecule has 1 aromatic heterocycles. The van der Waals surface area contributed by atoms with Crippen molar-refractivity contribution in [2.24, 2.45) is 0 Å². The number of ether oxygens (including phenoxy) is 1. The highest BCUT2D eigenvalue weighted by Crippen LogP contribution is 2.25. The highest BCUT2D eigenvalue weighted by Gasteiger charge is 2.10. The van der Waals surface area contributed by atoms with Gasteiger partial charge in [0.15, 0.2) is 0 Å².